The molecule has 0 atom stereocenters. The summed E-state index contributed by atoms with van der Waals surface area (Å²) in [5, 5.41) is 8.46. The van der Waals surface area contributed by atoms with Crippen molar-refractivity contribution in [3.63, 3.8) is 0 Å². The van der Waals surface area contributed by atoms with E-state index in [1.165, 1.54) is 17.6 Å². The zero-order chi connectivity index (χ0) is 17.2. The van der Waals surface area contributed by atoms with Crippen LogP contribution in [0.15, 0.2) is 34.5 Å². The van der Waals surface area contributed by atoms with Crippen molar-refractivity contribution in [1.29, 1.82) is 0 Å². The number of sulfone groups is 1. The minimum atomic E-state index is -3.26. The number of hydrogen-bond donors (Lipinski definition) is 2. The van der Waals surface area contributed by atoms with Crippen molar-refractivity contribution >= 4 is 32.2 Å². The summed E-state index contributed by atoms with van der Waals surface area (Å²) < 4.78 is 23.3. The molecule has 0 saturated carbocycles. The van der Waals surface area contributed by atoms with Crippen LogP contribution in [-0.2, 0) is 14.6 Å². The van der Waals surface area contributed by atoms with Crippen molar-refractivity contribution in [2.45, 2.75) is 17.7 Å². The van der Waals surface area contributed by atoms with Crippen LogP contribution in [-0.4, -0.2) is 38.7 Å². The van der Waals surface area contributed by atoms with E-state index in [1.54, 1.807) is 18.2 Å². The monoisotopic (exact) mass is 365 g/mol. The van der Waals surface area contributed by atoms with Gasteiger partial charge in [-0.25, -0.2) is 13.4 Å². The number of anilines is 1. The van der Waals surface area contributed by atoms with E-state index >= 15 is 0 Å². The minimum absolute atomic E-state index is 0.00212. The van der Waals surface area contributed by atoms with Gasteiger partial charge in [-0.1, -0.05) is 12.1 Å². The lowest BCUT2D eigenvalue weighted by molar-refractivity contribution is -0.120. The summed E-state index contributed by atoms with van der Waals surface area (Å²) in [5.41, 5.74) is 1.38. The Kier molecular flexibility index (Phi) is 4.98. The summed E-state index contributed by atoms with van der Waals surface area (Å²) in [5.74, 6) is 0.0226. The van der Waals surface area contributed by atoms with Crippen molar-refractivity contribution < 1.29 is 13.2 Å². The van der Waals surface area contributed by atoms with Crippen LogP contribution >= 0.6 is 11.3 Å². The second kappa shape index (κ2) is 7.00. The van der Waals surface area contributed by atoms with E-state index < -0.39 is 9.84 Å². The maximum atomic E-state index is 12.2. The quantitative estimate of drug-likeness (QED) is 0.867. The highest BCUT2D eigenvalue weighted by atomic mass is 32.2. The molecule has 8 heteroatoms. The van der Waals surface area contributed by atoms with Gasteiger partial charge in [-0.15, -0.1) is 11.3 Å². The predicted octanol–water partition coefficient (Wildman–Crippen LogP) is 2.15. The van der Waals surface area contributed by atoms with E-state index in [0.29, 0.717) is 10.8 Å². The maximum absolute atomic E-state index is 12.2. The largest absolute Gasteiger partial charge is 0.317 e. The normalized spacial score (nSPS) is 16.0. The highest BCUT2D eigenvalue weighted by molar-refractivity contribution is 7.90. The van der Waals surface area contributed by atoms with E-state index in [0.717, 1.165) is 31.5 Å². The van der Waals surface area contributed by atoms with Gasteiger partial charge in [-0.3, -0.25) is 4.79 Å². The number of carbonyl (C=O) groups excluding carboxylic acids is 1. The van der Waals surface area contributed by atoms with Gasteiger partial charge in [0.05, 0.1) is 10.6 Å². The molecule has 2 N–H and O–H groups in total. The van der Waals surface area contributed by atoms with Gasteiger partial charge in [0.2, 0.25) is 5.91 Å². The number of nitrogens with one attached hydrogen (secondary N) is 2. The first-order chi connectivity index (χ1) is 11.4. The Hall–Kier alpha value is -1.77. The summed E-state index contributed by atoms with van der Waals surface area (Å²) in [7, 11) is -3.26. The van der Waals surface area contributed by atoms with E-state index in [4.69, 9.17) is 0 Å². The smallest absolute Gasteiger partial charge is 0.229 e. The second-order valence-corrected chi connectivity index (χ2v) is 8.73. The third kappa shape index (κ3) is 4.00. The molecule has 1 fully saturated rings. The van der Waals surface area contributed by atoms with Crippen LogP contribution in [0.4, 0.5) is 5.13 Å². The van der Waals surface area contributed by atoms with Crippen LogP contribution in [0, 0.1) is 5.92 Å². The van der Waals surface area contributed by atoms with E-state index in [2.05, 4.69) is 15.6 Å². The number of rotatable bonds is 4. The molecule has 0 unspecified atom stereocenters. The SMILES string of the molecule is CS(=O)(=O)c1cccc(-c2csc(NC(=O)C3CCNCC3)n2)c1. The molecule has 1 saturated heterocycles. The van der Waals surface area contributed by atoms with Gasteiger partial charge in [-0.05, 0) is 38.1 Å². The van der Waals surface area contributed by atoms with E-state index in [-0.39, 0.29) is 16.7 Å². The molecule has 0 aliphatic carbocycles. The highest BCUT2D eigenvalue weighted by Crippen LogP contribution is 2.27. The van der Waals surface area contributed by atoms with Crippen LogP contribution in [0.5, 0.6) is 0 Å². The molecule has 128 valence electrons. The molecule has 0 bridgehead atoms. The van der Waals surface area contributed by atoms with Crippen LogP contribution in [0.2, 0.25) is 0 Å². The molecule has 1 aliphatic heterocycles. The third-order valence-electron chi connectivity index (χ3n) is 4.00. The molecule has 2 aromatic rings. The van der Waals surface area contributed by atoms with Gasteiger partial charge in [-0.2, -0.15) is 0 Å². The molecular weight excluding hydrogens is 346 g/mol. The Bertz CT molecular complexity index is 840. The summed E-state index contributed by atoms with van der Waals surface area (Å²) in [4.78, 5) is 16.9. The Morgan fingerprint density at radius 1 is 1.33 bits per heavy atom. The molecular formula is C16H19N3O3S2. The molecule has 0 spiro atoms. The minimum Gasteiger partial charge on any atom is -0.317 e. The third-order valence-corrected chi connectivity index (χ3v) is 5.87. The Labute approximate surface area is 145 Å². The van der Waals surface area contributed by atoms with Gasteiger partial charge in [0.1, 0.15) is 0 Å². The maximum Gasteiger partial charge on any atom is 0.229 e. The first-order valence-electron chi connectivity index (χ1n) is 7.71. The zero-order valence-electron chi connectivity index (χ0n) is 13.3. The first-order valence-corrected chi connectivity index (χ1v) is 10.5. The average Bonchev–Trinajstić information content (AvgIpc) is 3.03. The zero-order valence-corrected chi connectivity index (χ0v) is 14.9. The predicted molar refractivity (Wildman–Crippen MR) is 94.9 cm³/mol. The van der Waals surface area contributed by atoms with Crippen molar-refractivity contribution in [2.24, 2.45) is 5.92 Å². The molecule has 24 heavy (non-hydrogen) atoms. The topological polar surface area (TPSA) is 88.2 Å². The van der Waals surface area contributed by atoms with Crippen LogP contribution in [0.3, 0.4) is 0 Å². The van der Waals surface area contributed by atoms with Gasteiger partial charge in [0.25, 0.3) is 0 Å². The summed E-state index contributed by atoms with van der Waals surface area (Å²) in [6.45, 7) is 1.72. The van der Waals surface area contributed by atoms with Crippen molar-refractivity contribution in [2.75, 3.05) is 24.7 Å². The molecule has 1 aromatic heterocycles. The number of amides is 1. The Morgan fingerprint density at radius 2 is 2.08 bits per heavy atom. The number of nitrogens with zero attached hydrogens (tertiary/aromatic N) is 1. The van der Waals surface area contributed by atoms with Crippen LogP contribution in [0.25, 0.3) is 11.3 Å². The van der Waals surface area contributed by atoms with E-state index in [9.17, 15) is 13.2 Å². The molecule has 6 nitrogen and oxygen atoms in total. The fourth-order valence-electron chi connectivity index (χ4n) is 2.64. The fourth-order valence-corrected chi connectivity index (χ4v) is 4.03. The second-order valence-electron chi connectivity index (χ2n) is 5.85. The van der Waals surface area contributed by atoms with Crippen molar-refractivity contribution in [3.05, 3.63) is 29.6 Å². The Balaban J connectivity index is 1.75. The lowest BCUT2D eigenvalue weighted by atomic mass is 9.97. The first kappa shape index (κ1) is 17.1. The molecule has 2 heterocycles. The standard InChI is InChI=1S/C16H19N3O3S2/c1-24(21,22)13-4-2-3-12(9-13)14-10-23-16(18-14)19-15(20)11-5-7-17-8-6-11/h2-4,9-11,17H,5-8H2,1H3,(H,18,19,20). The fraction of sp³-hybridized carbons (Fsp3) is 0.375. The van der Waals surface area contributed by atoms with Crippen molar-refractivity contribution in [1.82, 2.24) is 10.3 Å². The van der Waals surface area contributed by atoms with Crippen molar-refractivity contribution in [3.8, 4) is 11.3 Å². The van der Waals surface area contributed by atoms with Gasteiger partial charge in [0.15, 0.2) is 15.0 Å². The molecule has 1 aliphatic rings. The van der Waals surface area contributed by atoms with Gasteiger partial charge < -0.3 is 10.6 Å². The summed E-state index contributed by atoms with van der Waals surface area (Å²) in [6, 6.07) is 6.66. The number of hydrogen-bond acceptors (Lipinski definition) is 6. The molecule has 1 aromatic carbocycles. The molecule has 1 amide bonds. The lowest BCUT2D eigenvalue weighted by Crippen LogP contribution is -2.34. The summed E-state index contributed by atoms with van der Waals surface area (Å²) in [6.07, 6.45) is 2.85. The van der Waals surface area contributed by atoms with Crippen LogP contribution < -0.4 is 10.6 Å². The summed E-state index contributed by atoms with van der Waals surface area (Å²) >= 11 is 1.34. The number of thiazole rings is 1. The lowest BCUT2D eigenvalue weighted by Gasteiger charge is -2.20. The number of piperidine rings is 1. The van der Waals surface area contributed by atoms with Gasteiger partial charge in [0, 0.05) is 23.1 Å². The number of carbonyl (C=O) groups is 1. The average molecular weight is 365 g/mol. The van der Waals surface area contributed by atoms with Crippen LogP contribution in [0.1, 0.15) is 12.8 Å². The van der Waals surface area contributed by atoms with E-state index in [1.807, 2.05) is 11.4 Å². The highest BCUT2D eigenvalue weighted by Gasteiger charge is 2.21. The number of benzene rings is 1. The Morgan fingerprint density at radius 3 is 2.79 bits per heavy atom. The van der Waals surface area contributed by atoms with Gasteiger partial charge >= 0.3 is 0 Å². The number of aromatic nitrogens is 1. The molecule has 0 radical (unpaired) electrons. The molecule has 3 rings (SSSR count).